The Hall–Kier alpha value is -2.99. The van der Waals surface area contributed by atoms with E-state index >= 15 is 0 Å². The lowest BCUT2D eigenvalue weighted by Crippen LogP contribution is -2.39. The maximum Gasteiger partial charge on any atom is 0.274 e. The van der Waals surface area contributed by atoms with E-state index in [-0.39, 0.29) is 18.0 Å². The Morgan fingerprint density at radius 2 is 1.77 bits per heavy atom. The summed E-state index contributed by atoms with van der Waals surface area (Å²) >= 11 is 0. The molecule has 0 radical (unpaired) electrons. The number of hydrogen-bond donors (Lipinski definition) is 2. The van der Waals surface area contributed by atoms with Crippen LogP contribution in [0.3, 0.4) is 0 Å². The first-order valence-corrected chi connectivity index (χ1v) is 8.76. The SMILES string of the molecule is CN1CC[C@H](NC(=O)c2n[nH]nc2-c2ccccc2)[C@@H]1c1ccccc1. The minimum absolute atomic E-state index is 0.0372. The lowest BCUT2D eigenvalue weighted by Gasteiger charge is -2.26. The van der Waals surface area contributed by atoms with Gasteiger partial charge in [-0.15, -0.1) is 0 Å². The highest BCUT2D eigenvalue weighted by atomic mass is 16.2. The molecule has 1 aromatic heterocycles. The summed E-state index contributed by atoms with van der Waals surface area (Å²) in [7, 11) is 2.09. The third kappa shape index (κ3) is 3.11. The predicted molar refractivity (Wildman–Crippen MR) is 99.5 cm³/mol. The summed E-state index contributed by atoms with van der Waals surface area (Å²) in [4.78, 5) is 15.2. The molecular formula is C20H21N5O. The van der Waals surface area contributed by atoms with Gasteiger partial charge in [0.15, 0.2) is 5.69 Å². The van der Waals surface area contributed by atoms with Crippen LogP contribution in [0.1, 0.15) is 28.5 Å². The molecule has 0 spiro atoms. The molecule has 0 saturated carbocycles. The van der Waals surface area contributed by atoms with Crippen molar-refractivity contribution in [3.63, 3.8) is 0 Å². The summed E-state index contributed by atoms with van der Waals surface area (Å²) in [6.45, 7) is 0.939. The van der Waals surface area contributed by atoms with Gasteiger partial charge >= 0.3 is 0 Å². The molecule has 2 heterocycles. The molecule has 26 heavy (non-hydrogen) atoms. The summed E-state index contributed by atoms with van der Waals surface area (Å²) in [5, 5.41) is 14.0. The molecule has 2 atom stereocenters. The topological polar surface area (TPSA) is 73.9 Å². The van der Waals surface area contributed by atoms with Crippen LogP contribution in [0.15, 0.2) is 60.7 Å². The van der Waals surface area contributed by atoms with Crippen LogP contribution in [0.4, 0.5) is 0 Å². The van der Waals surface area contributed by atoms with E-state index in [0.717, 1.165) is 18.5 Å². The minimum Gasteiger partial charge on any atom is -0.346 e. The van der Waals surface area contributed by atoms with Gasteiger partial charge in [-0.3, -0.25) is 9.69 Å². The first-order chi connectivity index (χ1) is 12.7. The Balaban J connectivity index is 1.56. The zero-order valence-corrected chi connectivity index (χ0v) is 14.6. The van der Waals surface area contributed by atoms with Crippen molar-refractivity contribution in [1.29, 1.82) is 0 Å². The van der Waals surface area contributed by atoms with Crippen LogP contribution in [0, 0.1) is 0 Å². The number of rotatable bonds is 4. The highest BCUT2D eigenvalue weighted by molar-refractivity contribution is 5.98. The van der Waals surface area contributed by atoms with E-state index in [1.807, 2.05) is 48.5 Å². The molecule has 1 aliphatic heterocycles. The summed E-state index contributed by atoms with van der Waals surface area (Å²) in [6, 6.07) is 20.1. The maximum atomic E-state index is 12.9. The van der Waals surface area contributed by atoms with Gasteiger partial charge in [-0.25, -0.2) is 0 Å². The average Bonchev–Trinajstić information content (AvgIpc) is 3.30. The van der Waals surface area contributed by atoms with Crippen molar-refractivity contribution in [1.82, 2.24) is 25.6 Å². The first kappa shape index (κ1) is 16.5. The number of aromatic nitrogens is 3. The van der Waals surface area contributed by atoms with Gasteiger partial charge in [0.25, 0.3) is 5.91 Å². The predicted octanol–water partition coefficient (Wildman–Crippen LogP) is 2.65. The van der Waals surface area contributed by atoms with Crippen molar-refractivity contribution in [2.24, 2.45) is 0 Å². The summed E-state index contributed by atoms with van der Waals surface area (Å²) in [5.74, 6) is -0.196. The fraction of sp³-hybridized carbons (Fsp3) is 0.250. The lowest BCUT2D eigenvalue weighted by molar-refractivity contribution is 0.0923. The van der Waals surface area contributed by atoms with Gasteiger partial charge < -0.3 is 5.32 Å². The summed E-state index contributed by atoms with van der Waals surface area (Å²) in [6.07, 6.45) is 0.903. The van der Waals surface area contributed by atoms with E-state index in [0.29, 0.717) is 11.4 Å². The molecule has 6 heteroatoms. The monoisotopic (exact) mass is 347 g/mol. The van der Waals surface area contributed by atoms with E-state index in [1.54, 1.807) is 0 Å². The Labute approximate surface area is 152 Å². The molecule has 2 N–H and O–H groups in total. The molecule has 6 nitrogen and oxygen atoms in total. The van der Waals surface area contributed by atoms with Crippen LogP contribution in [-0.2, 0) is 0 Å². The molecule has 3 aromatic rings. The standard InChI is InChI=1S/C20H21N5O/c1-25-13-12-16(19(25)15-10-6-3-7-11-15)21-20(26)18-17(22-24-23-18)14-8-4-2-5-9-14/h2-11,16,19H,12-13H2,1H3,(H,21,26)(H,22,23,24)/t16-,19-/m0/s1. The molecule has 1 aliphatic rings. The smallest absolute Gasteiger partial charge is 0.274 e. The second-order valence-electron chi connectivity index (χ2n) is 6.59. The largest absolute Gasteiger partial charge is 0.346 e. The van der Waals surface area contributed by atoms with Crippen molar-refractivity contribution in [2.75, 3.05) is 13.6 Å². The van der Waals surface area contributed by atoms with Crippen molar-refractivity contribution in [3.8, 4) is 11.3 Å². The number of carbonyl (C=O) groups excluding carboxylic acids is 1. The molecule has 1 saturated heterocycles. The van der Waals surface area contributed by atoms with Gasteiger partial charge in [-0.1, -0.05) is 60.7 Å². The third-order valence-electron chi connectivity index (χ3n) is 4.92. The van der Waals surface area contributed by atoms with Crippen molar-refractivity contribution in [3.05, 3.63) is 71.9 Å². The van der Waals surface area contributed by atoms with Crippen LogP contribution < -0.4 is 5.32 Å². The van der Waals surface area contributed by atoms with Gasteiger partial charge in [0.2, 0.25) is 0 Å². The quantitative estimate of drug-likeness (QED) is 0.761. The molecule has 1 fully saturated rings. The fourth-order valence-corrected chi connectivity index (χ4v) is 3.66. The highest BCUT2D eigenvalue weighted by Crippen LogP contribution is 2.31. The van der Waals surface area contributed by atoms with Crippen molar-refractivity contribution in [2.45, 2.75) is 18.5 Å². The zero-order chi connectivity index (χ0) is 17.9. The van der Waals surface area contributed by atoms with Crippen LogP contribution in [-0.4, -0.2) is 45.9 Å². The zero-order valence-electron chi connectivity index (χ0n) is 14.6. The van der Waals surface area contributed by atoms with Gasteiger partial charge in [0.05, 0.1) is 12.1 Å². The molecular weight excluding hydrogens is 326 g/mol. The minimum atomic E-state index is -0.196. The molecule has 0 aliphatic carbocycles. The Kier molecular flexibility index (Phi) is 4.50. The van der Waals surface area contributed by atoms with Crippen molar-refractivity contribution >= 4 is 5.91 Å². The third-order valence-corrected chi connectivity index (χ3v) is 4.92. The lowest BCUT2D eigenvalue weighted by atomic mass is 10.00. The number of aromatic amines is 1. The second kappa shape index (κ2) is 7.09. The number of amides is 1. The normalized spacial score (nSPS) is 20.2. The number of hydrogen-bond acceptors (Lipinski definition) is 4. The first-order valence-electron chi connectivity index (χ1n) is 8.76. The average molecular weight is 347 g/mol. The number of likely N-dealkylation sites (N-methyl/N-ethyl adjacent to an activating group) is 1. The van der Waals surface area contributed by atoms with Crippen LogP contribution in [0.5, 0.6) is 0 Å². The second-order valence-corrected chi connectivity index (χ2v) is 6.59. The van der Waals surface area contributed by atoms with Crippen LogP contribution in [0.2, 0.25) is 0 Å². The van der Waals surface area contributed by atoms with Gasteiger partial charge in [0.1, 0.15) is 5.69 Å². The van der Waals surface area contributed by atoms with E-state index < -0.39 is 0 Å². The number of benzene rings is 2. The number of nitrogens with zero attached hydrogens (tertiary/aromatic N) is 3. The van der Waals surface area contributed by atoms with E-state index in [9.17, 15) is 4.79 Å². The van der Waals surface area contributed by atoms with E-state index in [2.05, 4.69) is 44.8 Å². The molecule has 1 amide bonds. The number of likely N-dealkylation sites (tertiary alicyclic amines) is 1. The van der Waals surface area contributed by atoms with Gasteiger partial charge in [-0.2, -0.15) is 15.4 Å². The van der Waals surface area contributed by atoms with Crippen LogP contribution >= 0.6 is 0 Å². The molecule has 0 bridgehead atoms. The van der Waals surface area contributed by atoms with Crippen LogP contribution in [0.25, 0.3) is 11.3 Å². The van der Waals surface area contributed by atoms with Gasteiger partial charge in [-0.05, 0) is 19.0 Å². The molecule has 132 valence electrons. The highest BCUT2D eigenvalue weighted by Gasteiger charge is 2.34. The number of nitrogens with one attached hydrogen (secondary N) is 2. The van der Waals surface area contributed by atoms with Gasteiger partial charge in [0, 0.05) is 12.1 Å². The number of H-pyrrole nitrogens is 1. The Morgan fingerprint density at radius 3 is 2.50 bits per heavy atom. The van der Waals surface area contributed by atoms with Crippen molar-refractivity contribution < 1.29 is 4.79 Å². The Morgan fingerprint density at radius 1 is 1.08 bits per heavy atom. The summed E-state index contributed by atoms with van der Waals surface area (Å²) < 4.78 is 0. The molecule has 4 rings (SSSR count). The number of carbonyl (C=O) groups is 1. The van der Waals surface area contributed by atoms with E-state index in [4.69, 9.17) is 0 Å². The molecule has 2 aromatic carbocycles. The Bertz CT molecular complexity index is 877. The fourth-order valence-electron chi connectivity index (χ4n) is 3.66. The van der Waals surface area contributed by atoms with E-state index in [1.165, 1.54) is 5.56 Å². The molecule has 0 unspecified atom stereocenters. The summed E-state index contributed by atoms with van der Waals surface area (Å²) in [5.41, 5.74) is 2.99. The maximum absolute atomic E-state index is 12.9.